The number of furan rings is 1. The summed E-state index contributed by atoms with van der Waals surface area (Å²) in [4.78, 5) is 15.1. The van der Waals surface area contributed by atoms with Gasteiger partial charge in [0, 0.05) is 43.9 Å². The summed E-state index contributed by atoms with van der Waals surface area (Å²) in [5.41, 5.74) is 14.6. The van der Waals surface area contributed by atoms with Crippen LogP contribution in [0.25, 0.3) is 94.7 Å². The van der Waals surface area contributed by atoms with E-state index in [0.29, 0.717) is 23.4 Å². The van der Waals surface area contributed by atoms with Gasteiger partial charge in [0.25, 0.3) is 0 Å². The fourth-order valence-corrected chi connectivity index (χ4v) is 9.22. The Labute approximate surface area is 354 Å². The molecule has 0 saturated carbocycles. The van der Waals surface area contributed by atoms with Gasteiger partial charge in [0.2, 0.25) is 0 Å². The fraction of sp³-hybridized carbons (Fsp3) is 0.0893. The first-order valence-electron chi connectivity index (χ1n) is 21.1. The number of hydrogen-bond donors (Lipinski definition) is 0. The smallest absolute Gasteiger partial charge is 0.164 e. The molecule has 1 unspecified atom stereocenters. The SMILES string of the molecule is CCC(Cc1ccccc1-c1ccc2c(c1C)c1ccccc1n2-c1ccccc1)c1ccc(-c2nc(-c3ccccc3)nc(-c3ccc4c(c3)oc3ccccc34)n2)cc1. The molecule has 5 heteroatoms. The lowest BCUT2D eigenvalue weighted by atomic mass is 9.85. The Hall–Kier alpha value is -7.63. The van der Waals surface area contributed by atoms with Gasteiger partial charge in [-0.05, 0) is 96.0 Å². The third-order valence-electron chi connectivity index (χ3n) is 12.3. The summed E-state index contributed by atoms with van der Waals surface area (Å²) >= 11 is 0. The maximum absolute atomic E-state index is 6.25. The lowest BCUT2D eigenvalue weighted by Gasteiger charge is -2.20. The molecule has 0 saturated heterocycles. The molecule has 11 aromatic rings. The van der Waals surface area contributed by atoms with E-state index in [4.69, 9.17) is 19.4 Å². The zero-order chi connectivity index (χ0) is 40.9. The highest BCUT2D eigenvalue weighted by molar-refractivity contribution is 6.12. The predicted octanol–water partition coefficient (Wildman–Crippen LogP) is 14.6. The summed E-state index contributed by atoms with van der Waals surface area (Å²) < 4.78 is 8.64. The van der Waals surface area contributed by atoms with Crippen LogP contribution in [-0.4, -0.2) is 19.5 Å². The van der Waals surface area contributed by atoms with Crippen LogP contribution in [0.3, 0.4) is 0 Å². The lowest BCUT2D eigenvalue weighted by Crippen LogP contribution is -2.04. The molecular formula is C56H42N4O. The van der Waals surface area contributed by atoms with E-state index in [-0.39, 0.29) is 0 Å². The molecule has 11 rings (SSSR count). The highest BCUT2D eigenvalue weighted by Crippen LogP contribution is 2.40. The average molecular weight is 787 g/mol. The second-order valence-corrected chi connectivity index (χ2v) is 15.9. The van der Waals surface area contributed by atoms with Crippen LogP contribution in [0.1, 0.15) is 36.0 Å². The Balaban J connectivity index is 0.933. The Morgan fingerprint density at radius 2 is 1.10 bits per heavy atom. The quantitative estimate of drug-likeness (QED) is 0.146. The Morgan fingerprint density at radius 1 is 0.492 bits per heavy atom. The average Bonchev–Trinajstić information content (AvgIpc) is 3.87. The van der Waals surface area contributed by atoms with Crippen molar-refractivity contribution < 1.29 is 4.42 Å². The third kappa shape index (κ3) is 6.46. The largest absolute Gasteiger partial charge is 0.456 e. The van der Waals surface area contributed by atoms with Gasteiger partial charge in [-0.25, -0.2) is 15.0 Å². The van der Waals surface area contributed by atoms with Crippen molar-refractivity contribution in [2.75, 3.05) is 0 Å². The summed E-state index contributed by atoms with van der Waals surface area (Å²) in [6, 6.07) is 66.4. The molecular weight excluding hydrogens is 745 g/mol. The van der Waals surface area contributed by atoms with E-state index in [9.17, 15) is 0 Å². The van der Waals surface area contributed by atoms with Gasteiger partial charge in [-0.1, -0.05) is 153 Å². The molecule has 0 aliphatic rings. The van der Waals surface area contributed by atoms with E-state index >= 15 is 0 Å². The highest BCUT2D eigenvalue weighted by Gasteiger charge is 2.20. The molecule has 3 heterocycles. The van der Waals surface area contributed by atoms with Gasteiger partial charge in [0.15, 0.2) is 17.5 Å². The topological polar surface area (TPSA) is 56.7 Å². The van der Waals surface area contributed by atoms with Crippen LogP contribution in [0.2, 0.25) is 0 Å². The molecule has 0 fully saturated rings. The maximum atomic E-state index is 6.25. The first-order chi connectivity index (χ1) is 30.1. The van der Waals surface area contributed by atoms with Crippen molar-refractivity contribution in [1.82, 2.24) is 19.5 Å². The highest BCUT2D eigenvalue weighted by atomic mass is 16.3. The number of aromatic nitrogens is 4. The molecule has 5 nitrogen and oxygen atoms in total. The minimum Gasteiger partial charge on any atom is -0.456 e. The molecule has 0 aliphatic carbocycles. The standard InChI is InChI=1S/C56H42N4O/c1-3-37(34-41-18-10-11-21-45(41)44-32-33-50-53(36(44)2)48-23-12-14-24-49(48)60(50)43-19-8-5-9-20-43)38-26-28-40(29-27-38)55-57-54(39-16-6-4-7-17-39)58-56(59-55)42-30-31-47-46-22-13-15-25-51(46)61-52(47)35-42/h4-33,35,37H,3,34H2,1-2H3. The number of fused-ring (bicyclic) bond motifs is 6. The number of hydrogen-bond acceptors (Lipinski definition) is 4. The van der Waals surface area contributed by atoms with Gasteiger partial charge in [-0.2, -0.15) is 0 Å². The number of nitrogens with zero attached hydrogens (tertiary/aromatic N) is 4. The zero-order valence-corrected chi connectivity index (χ0v) is 34.1. The first kappa shape index (κ1) is 36.4. The van der Waals surface area contributed by atoms with E-state index in [1.165, 1.54) is 55.3 Å². The molecule has 0 amide bonds. The van der Waals surface area contributed by atoms with Crippen molar-refractivity contribution in [2.45, 2.75) is 32.6 Å². The Kier molecular flexibility index (Phi) is 9.08. The summed E-state index contributed by atoms with van der Waals surface area (Å²) in [6.07, 6.45) is 1.93. The van der Waals surface area contributed by atoms with Gasteiger partial charge < -0.3 is 8.98 Å². The van der Waals surface area contributed by atoms with Crippen molar-refractivity contribution >= 4 is 43.7 Å². The van der Waals surface area contributed by atoms with E-state index in [0.717, 1.165) is 51.5 Å². The molecule has 61 heavy (non-hydrogen) atoms. The second-order valence-electron chi connectivity index (χ2n) is 15.9. The van der Waals surface area contributed by atoms with Gasteiger partial charge in [0.1, 0.15) is 11.2 Å². The fourth-order valence-electron chi connectivity index (χ4n) is 9.22. The number of benzene rings is 8. The van der Waals surface area contributed by atoms with E-state index in [1.807, 2.05) is 54.6 Å². The number of rotatable bonds is 9. The Morgan fingerprint density at radius 3 is 1.87 bits per heavy atom. The van der Waals surface area contributed by atoms with Crippen LogP contribution in [-0.2, 0) is 6.42 Å². The van der Waals surface area contributed by atoms with Crippen LogP contribution in [0.5, 0.6) is 0 Å². The summed E-state index contributed by atoms with van der Waals surface area (Å²) in [5.74, 6) is 2.20. The van der Waals surface area contributed by atoms with Crippen LogP contribution in [0, 0.1) is 6.92 Å². The molecule has 1 atom stereocenters. The van der Waals surface area contributed by atoms with Crippen molar-refractivity contribution in [2.24, 2.45) is 0 Å². The van der Waals surface area contributed by atoms with Gasteiger partial charge in [0.05, 0.1) is 11.0 Å². The third-order valence-corrected chi connectivity index (χ3v) is 12.3. The van der Waals surface area contributed by atoms with Crippen molar-refractivity contribution in [3.63, 3.8) is 0 Å². The van der Waals surface area contributed by atoms with E-state index in [2.05, 4.69) is 152 Å². The van der Waals surface area contributed by atoms with E-state index < -0.39 is 0 Å². The number of aryl methyl sites for hydroxylation is 1. The van der Waals surface area contributed by atoms with Crippen molar-refractivity contribution in [1.29, 1.82) is 0 Å². The Bertz CT molecular complexity index is 3380. The van der Waals surface area contributed by atoms with Crippen molar-refractivity contribution in [3.8, 4) is 51.0 Å². The monoisotopic (exact) mass is 786 g/mol. The van der Waals surface area contributed by atoms with Crippen LogP contribution >= 0.6 is 0 Å². The molecule has 0 bridgehead atoms. The summed E-state index contributed by atoms with van der Waals surface area (Å²) in [7, 11) is 0. The summed E-state index contributed by atoms with van der Waals surface area (Å²) in [5, 5.41) is 4.75. The molecule has 8 aromatic carbocycles. The zero-order valence-electron chi connectivity index (χ0n) is 34.1. The van der Waals surface area contributed by atoms with Gasteiger partial charge in [-0.15, -0.1) is 0 Å². The molecule has 292 valence electrons. The van der Waals surface area contributed by atoms with Gasteiger partial charge >= 0.3 is 0 Å². The van der Waals surface area contributed by atoms with E-state index in [1.54, 1.807) is 0 Å². The second kappa shape index (κ2) is 15.2. The molecule has 0 N–H and O–H groups in total. The summed E-state index contributed by atoms with van der Waals surface area (Å²) in [6.45, 7) is 4.58. The number of para-hydroxylation sites is 3. The van der Waals surface area contributed by atoms with Gasteiger partial charge in [-0.3, -0.25) is 0 Å². The maximum Gasteiger partial charge on any atom is 0.164 e. The normalized spacial score (nSPS) is 12.2. The molecule has 3 aromatic heterocycles. The molecule has 0 aliphatic heterocycles. The molecule has 0 radical (unpaired) electrons. The van der Waals surface area contributed by atoms with Crippen LogP contribution < -0.4 is 0 Å². The molecule has 0 spiro atoms. The minimum atomic E-state index is 0.323. The predicted molar refractivity (Wildman–Crippen MR) is 251 cm³/mol. The van der Waals surface area contributed by atoms with Crippen molar-refractivity contribution in [3.05, 3.63) is 205 Å². The van der Waals surface area contributed by atoms with Crippen LogP contribution in [0.4, 0.5) is 0 Å². The first-order valence-corrected chi connectivity index (χ1v) is 21.1. The van der Waals surface area contributed by atoms with Crippen LogP contribution in [0.15, 0.2) is 192 Å². The minimum absolute atomic E-state index is 0.323. The lowest BCUT2D eigenvalue weighted by molar-refractivity contribution is 0.661.